The third-order valence-corrected chi connectivity index (χ3v) is 7.70. The van der Waals surface area contributed by atoms with Gasteiger partial charge in [0.15, 0.2) is 12.4 Å². The summed E-state index contributed by atoms with van der Waals surface area (Å²) in [5, 5.41) is 23.3. The first-order valence-electron chi connectivity index (χ1n) is 13.3. The molecule has 0 aromatic heterocycles. The third-order valence-electron chi connectivity index (χ3n) is 7.70. The molecule has 0 radical (unpaired) electrons. The highest BCUT2D eigenvalue weighted by molar-refractivity contribution is 6.01. The molecule has 0 aliphatic heterocycles. The topological polar surface area (TPSA) is 101 Å². The minimum atomic E-state index is -2.73. The van der Waals surface area contributed by atoms with Crippen LogP contribution in [-0.2, 0) is 19.1 Å². The van der Waals surface area contributed by atoms with Gasteiger partial charge in [0.1, 0.15) is 5.60 Å². The van der Waals surface area contributed by atoms with Crippen LogP contribution in [-0.4, -0.2) is 46.1 Å². The van der Waals surface area contributed by atoms with Crippen molar-refractivity contribution >= 4 is 17.5 Å². The van der Waals surface area contributed by atoms with Crippen molar-refractivity contribution in [2.24, 2.45) is 34.5 Å². The van der Waals surface area contributed by atoms with Crippen molar-refractivity contribution in [1.82, 2.24) is 0 Å². The molecule has 0 saturated heterocycles. The van der Waals surface area contributed by atoms with Crippen molar-refractivity contribution < 1.29 is 37.6 Å². The number of carbonyl (C=O) groups is 3. The fourth-order valence-corrected chi connectivity index (χ4v) is 6.24. The Labute approximate surface area is 185 Å². The molecule has 3 fully saturated rings. The molecular weight excluding hydrogens is 384 g/mol. The standard InChI is InChI=1S/C24H32O6/c1-13-9-16-17-6-8-24(29,20(28)12-30-14(2)25)23(17,4)11-19(27)21(16)22(3)7-5-15(26)10-18(13)22/h5,7,10,13,16-17,19,21,27,29H,6,8-9,11-12H2,1-4H3/t13-,16-,17-,19-,21+,22-,23-,24-/m0/s1/i5D,10D,11D2,13D,21D. The van der Waals surface area contributed by atoms with Gasteiger partial charge >= 0.3 is 5.97 Å². The summed E-state index contributed by atoms with van der Waals surface area (Å²) in [6.07, 6.45) is -3.90. The second kappa shape index (κ2) is 6.86. The van der Waals surface area contributed by atoms with Crippen molar-refractivity contribution in [2.45, 2.75) is 65.0 Å². The predicted molar refractivity (Wildman–Crippen MR) is 109 cm³/mol. The Bertz CT molecular complexity index is 1130. The summed E-state index contributed by atoms with van der Waals surface area (Å²) in [5.41, 5.74) is -5.96. The molecule has 4 aliphatic carbocycles. The van der Waals surface area contributed by atoms with Crippen molar-refractivity contribution in [2.75, 3.05) is 6.61 Å². The Hall–Kier alpha value is -1.79. The van der Waals surface area contributed by atoms with E-state index in [1.165, 1.54) is 20.8 Å². The van der Waals surface area contributed by atoms with Gasteiger partial charge in [-0.2, -0.15) is 0 Å². The van der Waals surface area contributed by atoms with Crippen LogP contribution in [0.5, 0.6) is 0 Å². The van der Waals surface area contributed by atoms with E-state index in [0.717, 1.165) is 13.0 Å². The zero-order valence-corrected chi connectivity index (χ0v) is 17.7. The van der Waals surface area contributed by atoms with Crippen molar-refractivity contribution in [3.8, 4) is 0 Å². The molecule has 0 aromatic carbocycles. The summed E-state index contributed by atoms with van der Waals surface area (Å²) in [5.74, 6) is -8.01. The quantitative estimate of drug-likeness (QED) is 0.677. The molecule has 3 saturated carbocycles. The van der Waals surface area contributed by atoms with Gasteiger partial charge in [-0.05, 0) is 55.5 Å². The largest absolute Gasteiger partial charge is 0.458 e. The van der Waals surface area contributed by atoms with Gasteiger partial charge in [-0.15, -0.1) is 0 Å². The fourth-order valence-electron chi connectivity index (χ4n) is 6.24. The minimum Gasteiger partial charge on any atom is -0.458 e. The van der Waals surface area contributed by atoms with Gasteiger partial charge in [0.05, 0.1) is 8.85 Å². The maximum Gasteiger partial charge on any atom is 0.303 e. The summed E-state index contributed by atoms with van der Waals surface area (Å²) < 4.78 is 58.1. The first kappa shape index (κ1) is 15.1. The Morgan fingerprint density at radius 1 is 1.43 bits per heavy atom. The monoisotopic (exact) mass is 422 g/mol. The van der Waals surface area contributed by atoms with Crippen LogP contribution in [0.15, 0.2) is 23.8 Å². The molecule has 8 atom stereocenters. The Balaban J connectivity index is 1.94. The number of carbonyl (C=O) groups excluding carboxylic acids is 3. The van der Waals surface area contributed by atoms with Gasteiger partial charge in [-0.3, -0.25) is 14.4 Å². The minimum absolute atomic E-state index is 0.0418. The second-order valence-electron chi connectivity index (χ2n) is 9.32. The molecule has 30 heavy (non-hydrogen) atoms. The lowest BCUT2D eigenvalue weighted by Gasteiger charge is -2.60. The highest BCUT2D eigenvalue weighted by Gasteiger charge is 2.68. The zero-order valence-electron chi connectivity index (χ0n) is 23.7. The number of rotatable bonds is 3. The van der Waals surface area contributed by atoms with Gasteiger partial charge < -0.3 is 14.9 Å². The SMILES string of the molecule is [2H]C1=C[C@@]2(C)C(=C([2H])C1=O)[C@@]([2H])(C)C[C@H]1[C@@H]3CC[C@](O)(C(=O)COC(C)=O)[C@@]3(C)C([2H])([2H])[C@H](O)[C@@]12[2H]. The first-order valence-corrected chi connectivity index (χ1v) is 10.3. The summed E-state index contributed by atoms with van der Waals surface area (Å²) in [4.78, 5) is 36.9. The van der Waals surface area contributed by atoms with E-state index < -0.39 is 88.8 Å². The van der Waals surface area contributed by atoms with Gasteiger partial charge in [-0.25, -0.2) is 0 Å². The number of ether oxygens (including phenoxy) is 1. The van der Waals surface area contributed by atoms with E-state index in [0.29, 0.717) is 0 Å². The van der Waals surface area contributed by atoms with Crippen LogP contribution in [0.3, 0.4) is 0 Å². The Morgan fingerprint density at radius 3 is 2.80 bits per heavy atom. The predicted octanol–water partition coefficient (Wildman–Crippen LogP) is 2.37. The summed E-state index contributed by atoms with van der Waals surface area (Å²) >= 11 is 0. The molecule has 0 heterocycles. The number of fused-ring (bicyclic) bond motifs is 5. The van der Waals surface area contributed by atoms with Crippen LogP contribution in [0.25, 0.3) is 0 Å². The first-order chi connectivity index (χ1) is 16.2. The normalized spacial score (nSPS) is 57.2. The van der Waals surface area contributed by atoms with Crippen molar-refractivity contribution in [3.63, 3.8) is 0 Å². The van der Waals surface area contributed by atoms with E-state index >= 15 is 0 Å². The number of Topliss-reactive ketones (excluding diaryl/α,β-unsaturated/α-hetero) is 1. The Kier molecular flexibility index (Phi) is 3.45. The molecule has 2 N–H and O–H groups in total. The second-order valence-corrected chi connectivity index (χ2v) is 9.32. The molecule has 0 unspecified atom stereocenters. The van der Waals surface area contributed by atoms with Crippen molar-refractivity contribution in [3.05, 3.63) is 23.8 Å². The molecular formula is C24H32O6. The fraction of sp³-hybridized carbons (Fsp3) is 0.708. The van der Waals surface area contributed by atoms with Gasteiger partial charge in [0.25, 0.3) is 0 Å². The number of hydrogen-bond donors (Lipinski definition) is 2. The lowest BCUT2D eigenvalue weighted by atomic mass is 9.45. The van der Waals surface area contributed by atoms with Crippen LogP contribution in [0.1, 0.15) is 61.6 Å². The smallest absolute Gasteiger partial charge is 0.303 e. The van der Waals surface area contributed by atoms with E-state index in [1.54, 1.807) is 0 Å². The maximum atomic E-state index is 13.1. The van der Waals surface area contributed by atoms with Crippen LogP contribution < -0.4 is 0 Å². The molecule has 0 aromatic rings. The van der Waals surface area contributed by atoms with E-state index in [-0.39, 0.29) is 24.8 Å². The van der Waals surface area contributed by atoms with Crippen molar-refractivity contribution in [1.29, 1.82) is 0 Å². The number of esters is 1. The van der Waals surface area contributed by atoms with E-state index in [1.807, 2.05) is 0 Å². The summed E-state index contributed by atoms with van der Waals surface area (Å²) in [6.45, 7) is 4.64. The molecule has 0 spiro atoms. The zero-order chi connectivity index (χ0) is 27.4. The maximum absolute atomic E-state index is 13.1. The Morgan fingerprint density at radius 2 is 2.13 bits per heavy atom. The van der Waals surface area contributed by atoms with Gasteiger partial charge in [0.2, 0.25) is 5.78 Å². The average molecular weight is 423 g/mol. The molecule has 6 nitrogen and oxygen atoms in total. The molecule has 6 heteroatoms. The molecule has 164 valence electrons. The van der Waals surface area contributed by atoms with E-state index in [9.17, 15) is 26.0 Å². The molecule has 4 rings (SSSR count). The highest BCUT2D eigenvalue weighted by Crippen LogP contribution is 2.67. The molecule has 0 bridgehead atoms. The van der Waals surface area contributed by atoms with Crippen LogP contribution >= 0.6 is 0 Å². The number of hydrogen-bond acceptors (Lipinski definition) is 6. The molecule has 0 amide bonds. The lowest BCUT2D eigenvalue weighted by Crippen LogP contribution is -2.62. The number of aliphatic hydroxyl groups is 2. The van der Waals surface area contributed by atoms with E-state index in [4.69, 9.17) is 11.6 Å². The average Bonchev–Trinajstić information content (AvgIpc) is 3.04. The van der Waals surface area contributed by atoms with Crippen LogP contribution in [0, 0.1) is 34.5 Å². The lowest BCUT2D eigenvalue weighted by molar-refractivity contribution is -0.182. The number of allylic oxidation sites excluding steroid dienone is 4. The number of ketones is 2. The highest BCUT2D eigenvalue weighted by atomic mass is 16.5. The number of aliphatic hydroxyl groups excluding tert-OH is 1. The van der Waals surface area contributed by atoms with Crippen LogP contribution in [0.2, 0.25) is 0 Å². The van der Waals surface area contributed by atoms with E-state index in [2.05, 4.69) is 0 Å². The summed E-state index contributed by atoms with van der Waals surface area (Å²) in [6, 6.07) is -1.15. The van der Waals surface area contributed by atoms with Gasteiger partial charge in [-0.1, -0.05) is 32.4 Å². The van der Waals surface area contributed by atoms with Gasteiger partial charge in [0, 0.05) is 29.1 Å². The summed E-state index contributed by atoms with van der Waals surface area (Å²) in [7, 11) is 0. The third kappa shape index (κ3) is 2.79. The van der Waals surface area contributed by atoms with Crippen LogP contribution in [0.4, 0.5) is 0 Å². The molecule has 4 aliphatic rings.